The smallest absolute Gasteiger partial charge is 0.352 e. The predicted molar refractivity (Wildman–Crippen MR) is 69.0 cm³/mol. The highest BCUT2D eigenvalue weighted by Gasteiger charge is 2.42. The number of hydrogen-bond acceptors (Lipinski definition) is 2. The summed E-state index contributed by atoms with van der Waals surface area (Å²) < 4.78 is 39.3. The van der Waals surface area contributed by atoms with Crippen LogP contribution >= 0.6 is 0 Å². The van der Waals surface area contributed by atoms with Gasteiger partial charge in [-0.3, -0.25) is 10.1 Å². The van der Waals surface area contributed by atoms with Crippen molar-refractivity contribution in [2.45, 2.75) is 44.1 Å². The average Bonchev–Trinajstić information content (AvgIpc) is 3.19. The van der Waals surface area contributed by atoms with Gasteiger partial charge in [-0.25, -0.2) is 0 Å². The van der Waals surface area contributed by atoms with Gasteiger partial charge in [0, 0.05) is 6.04 Å². The fourth-order valence-corrected chi connectivity index (χ4v) is 1.90. The molecular formula is C14H17F3N2O. The van der Waals surface area contributed by atoms with E-state index in [1.165, 1.54) is 19.1 Å². The minimum atomic E-state index is -4.45. The zero-order valence-electron chi connectivity index (χ0n) is 11.1. The molecule has 6 heteroatoms. The number of amides is 1. The van der Waals surface area contributed by atoms with Crippen LogP contribution in [0.2, 0.25) is 0 Å². The molecule has 2 atom stereocenters. The lowest BCUT2D eigenvalue weighted by atomic mass is 10.1. The van der Waals surface area contributed by atoms with Gasteiger partial charge in [-0.2, -0.15) is 13.2 Å². The second-order valence-corrected chi connectivity index (χ2v) is 5.06. The molecule has 1 aromatic rings. The second-order valence-electron chi connectivity index (χ2n) is 5.06. The van der Waals surface area contributed by atoms with Gasteiger partial charge >= 0.3 is 6.18 Å². The lowest BCUT2D eigenvalue weighted by Gasteiger charge is -2.25. The Morgan fingerprint density at radius 3 is 2.35 bits per heavy atom. The summed E-state index contributed by atoms with van der Waals surface area (Å²) in [6.07, 6.45) is -2.64. The van der Waals surface area contributed by atoms with Crippen molar-refractivity contribution in [3.8, 4) is 0 Å². The van der Waals surface area contributed by atoms with E-state index >= 15 is 0 Å². The van der Waals surface area contributed by atoms with Gasteiger partial charge in [0.1, 0.15) is 6.04 Å². The molecule has 1 amide bonds. The molecule has 0 saturated heterocycles. The van der Waals surface area contributed by atoms with E-state index in [4.69, 9.17) is 0 Å². The Balaban J connectivity index is 2.06. The molecule has 110 valence electrons. The van der Waals surface area contributed by atoms with Gasteiger partial charge in [0.15, 0.2) is 0 Å². The third-order valence-electron chi connectivity index (χ3n) is 3.19. The molecule has 2 rings (SSSR count). The lowest BCUT2D eigenvalue weighted by molar-refractivity contribution is -0.160. The fraction of sp³-hybridized carbons (Fsp3) is 0.500. The molecule has 0 heterocycles. The maximum atomic E-state index is 13.1. The number of hydrogen-bond donors (Lipinski definition) is 2. The normalized spacial score (nSPS) is 18.4. The summed E-state index contributed by atoms with van der Waals surface area (Å²) in [7, 11) is 0. The summed E-state index contributed by atoms with van der Waals surface area (Å²) >= 11 is 0. The van der Waals surface area contributed by atoms with Crippen LogP contribution in [0.5, 0.6) is 0 Å². The Bertz CT molecular complexity index is 457. The van der Waals surface area contributed by atoms with E-state index in [9.17, 15) is 18.0 Å². The van der Waals surface area contributed by atoms with E-state index < -0.39 is 24.2 Å². The molecule has 20 heavy (non-hydrogen) atoms. The lowest BCUT2D eigenvalue weighted by Crippen LogP contribution is -2.47. The minimum Gasteiger partial charge on any atom is -0.352 e. The van der Waals surface area contributed by atoms with Crippen LogP contribution in [0.4, 0.5) is 13.2 Å². The fourth-order valence-electron chi connectivity index (χ4n) is 1.90. The molecule has 2 N–H and O–H groups in total. The predicted octanol–water partition coefficient (Wildman–Crippen LogP) is 2.55. The number of carbonyl (C=O) groups is 1. The molecule has 2 unspecified atom stereocenters. The molecule has 3 nitrogen and oxygen atoms in total. The van der Waals surface area contributed by atoms with Gasteiger partial charge in [0.2, 0.25) is 5.91 Å². The summed E-state index contributed by atoms with van der Waals surface area (Å²) in [4.78, 5) is 11.7. The van der Waals surface area contributed by atoms with E-state index in [1.54, 1.807) is 18.2 Å². The molecule has 0 bridgehead atoms. The van der Waals surface area contributed by atoms with E-state index in [1.807, 2.05) is 0 Å². The van der Waals surface area contributed by atoms with E-state index in [0.29, 0.717) is 0 Å². The largest absolute Gasteiger partial charge is 0.407 e. The third kappa shape index (κ3) is 3.96. The SMILES string of the molecule is CC(NC(c1ccccc1)C(F)(F)F)C(=O)NC1CC1. The number of benzene rings is 1. The van der Waals surface area contributed by atoms with Crippen LogP contribution < -0.4 is 10.6 Å². The van der Waals surface area contributed by atoms with Crippen LogP contribution in [-0.4, -0.2) is 24.2 Å². The van der Waals surface area contributed by atoms with Gasteiger partial charge in [0.25, 0.3) is 0 Å². The average molecular weight is 286 g/mol. The quantitative estimate of drug-likeness (QED) is 0.873. The van der Waals surface area contributed by atoms with Gasteiger partial charge in [-0.15, -0.1) is 0 Å². The van der Waals surface area contributed by atoms with Gasteiger partial charge in [0.05, 0.1) is 6.04 Å². The standard InChI is InChI=1S/C14H17F3N2O/c1-9(13(20)19-11-7-8-11)18-12(14(15,16)17)10-5-3-2-4-6-10/h2-6,9,11-12,18H,7-8H2,1H3,(H,19,20). The zero-order chi connectivity index (χ0) is 14.8. The Hall–Kier alpha value is -1.56. The van der Waals surface area contributed by atoms with Crippen molar-refractivity contribution in [1.82, 2.24) is 10.6 Å². The van der Waals surface area contributed by atoms with Crippen LogP contribution in [0.3, 0.4) is 0 Å². The number of carbonyl (C=O) groups excluding carboxylic acids is 1. The molecular weight excluding hydrogens is 269 g/mol. The summed E-state index contributed by atoms with van der Waals surface area (Å²) in [5.41, 5.74) is 0.103. The zero-order valence-corrected chi connectivity index (χ0v) is 11.1. The molecule has 1 aromatic carbocycles. The Kier molecular flexibility index (Phi) is 4.32. The Morgan fingerprint density at radius 1 is 1.25 bits per heavy atom. The first-order valence-electron chi connectivity index (χ1n) is 6.56. The molecule has 0 spiro atoms. The molecule has 0 aromatic heterocycles. The molecule has 1 saturated carbocycles. The van der Waals surface area contributed by atoms with E-state index in [-0.39, 0.29) is 11.6 Å². The second kappa shape index (κ2) is 5.83. The summed E-state index contributed by atoms with van der Waals surface area (Å²) in [6.45, 7) is 1.44. The van der Waals surface area contributed by atoms with Crippen molar-refractivity contribution in [3.63, 3.8) is 0 Å². The Labute approximate surface area is 115 Å². The van der Waals surface area contributed by atoms with Crippen LogP contribution in [0.1, 0.15) is 31.4 Å². The first kappa shape index (κ1) is 14.8. The van der Waals surface area contributed by atoms with Gasteiger partial charge in [-0.05, 0) is 25.3 Å². The first-order chi connectivity index (χ1) is 9.38. The highest BCUT2D eigenvalue weighted by Crippen LogP contribution is 2.33. The monoisotopic (exact) mass is 286 g/mol. The summed E-state index contributed by atoms with van der Waals surface area (Å²) in [6, 6.07) is 4.93. The minimum absolute atomic E-state index is 0.103. The maximum absolute atomic E-state index is 13.1. The number of nitrogens with one attached hydrogen (secondary N) is 2. The summed E-state index contributed by atoms with van der Waals surface area (Å²) in [5, 5.41) is 5.06. The Morgan fingerprint density at radius 2 is 1.85 bits per heavy atom. The molecule has 0 radical (unpaired) electrons. The van der Waals surface area contributed by atoms with Gasteiger partial charge < -0.3 is 5.32 Å². The van der Waals surface area contributed by atoms with Crippen LogP contribution in [0, 0.1) is 0 Å². The number of halogens is 3. The van der Waals surface area contributed by atoms with Crippen molar-refractivity contribution in [1.29, 1.82) is 0 Å². The highest BCUT2D eigenvalue weighted by atomic mass is 19.4. The van der Waals surface area contributed by atoms with Crippen molar-refractivity contribution in [2.75, 3.05) is 0 Å². The molecule has 1 aliphatic rings. The van der Waals surface area contributed by atoms with Crippen molar-refractivity contribution < 1.29 is 18.0 Å². The maximum Gasteiger partial charge on any atom is 0.407 e. The van der Waals surface area contributed by atoms with Crippen molar-refractivity contribution in [3.05, 3.63) is 35.9 Å². The molecule has 1 fully saturated rings. The number of alkyl halides is 3. The number of rotatable bonds is 5. The van der Waals surface area contributed by atoms with Crippen molar-refractivity contribution >= 4 is 5.91 Å². The van der Waals surface area contributed by atoms with E-state index in [2.05, 4.69) is 10.6 Å². The van der Waals surface area contributed by atoms with Crippen LogP contribution in [0.25, 0.3) is 0 Å². The third-order valence-corrected chi connectivity index (χ3v) is 3.19. The summed E-state index contributed by atoms with van der Waals surface area (Å²) in [5.74, 6) is -0.391. The first-order valence-corrected chi connectivity index (χ1v) is 6.56. The van der Waals surface area contributed by atoms with Crippen LogP contribution in [-0.2, 0) is 4.79 Å². The van der Waals surface area contributed by atoms with Crippen molar-refractivity contribution in [2.24, 2.45) is 0 Å². The van der Waals surface area contributed by atoms with Crippen LogP contribution in [0.15, 0.2) is 30.3 Å². The topological polar surface area (TPSA) is 41.1 Å². The van der Waals surface area contributed by atoms with E-state index in [0.717, 1.165) is 12.8 Å². The molecule has 0 aliphatic heterocycles. The molecule has 1 aliphatic carbocycles. The van der Waals surface area contributed by atoms with Gasteiger partial charge in [-0.1, -0.05) is 30.3 Å². The highest BCUT2D eigenvalue weighted by molar-refractivity contribution is 5.81.